The minimum absolute atomic E-state index is 0.0340. The molecule has 1 N–H and O–H groups in total. The van der Waals surface area contributed by atoms with Crippen molar-refractivity contribution >= 4 is 29.5 Å². The molecule has 3 rings (SSSR count). The van der Waals surface area contributed by atoms with Gasteiger partial charge in [-0.05, 0) is 12.8 Å². The van der Waals surface area contributed by atoms with E-state index in [1.807, 2.05) is 30.6 Å². The molecule has 0 aliphatic carbocycles. The quantitative estimate of drug-likeness (QED) is 0.746. The van der Waals surface area contributed by atoms with Crippen molar-refractivity contribution in [3.05, 3.63) is 0 Å². The van der Waals surface area contributed by atoms with Gasteiger partial charge < -0.3 is 20.0 Å². The highest BCUT2D eigenvalue weighted by molar-refractivity contribution is 7.99. The Morgan fingerprint density at radius 1 is 1.23 bits per heavy atom. The lowest BCUT2D eigenvalue weighted by molar-refractivity contribution is -0.149. The van der Waals surface area contributed by atoms with E-state index in [1.165, 1.54) is 0 Å². The number of carbonyl (C=O) groups excluding carboxylic acids is 3. The zero-order valence-electron chi connectivity index (χ0n) is 16.0. The van der Waals surface area contributed by atoms with E-state index in [0.717, 1.165) is 19.4 Å². The van der Waals surface area contributed by atoms with E-state index in [1.54, 1.807) is 16.7 Å². The third-order valence-electron chi connectivity index (χ3n) is 5.34. The van der Waals surface area contributed by atoms with Crippen LogP contribution in [0, 0.1) is 5.41 Å². The Hall–Kier alpha value is -1.28. The molecule has 0 bridgehead atoms. The monoisotopic (exact) mass is 382 g/mol. The van der Waals surface area contributed by atoms with Gasteiger partial charge in [0, 0.05) is 43.4 Å². The second kappa shape index (κ2) is 7.76. The molecule has 2 atom stereocenters. The smallest absolute Gasteiger partial charge is 0.246 e. The van der Waals surface area contributed by atoms with E-state index in [9.17, 15) is 14.4 Å². The van der Waals surface area contributed by atoms with Crippen molar-refractivity contribution in [1.82, 2.24) is 20.0 Å². The number of piperidine rings is 1. The topological polar surface area (TPSA) is 73.0 Å². The van der Waals surface area contributed by atoms with E-state index < -0.39 is 5.41 Å². The Morgan fingerprint density at radius 3 is 2.69 bits per heavy atom. The molecule has 0 aromatic carbocycles. The van der Waals surface area contributed by atoms with Crippen molar-refractivity contribution in [1.29, 1.82) is 0 Å². The first-order valence-corrected chi connectivity index (χ1v) is 10.6. The average molecular weight is 383 g/mol. The van der Waals surface area contributed by atoms with Gasteiger partial charge in [-0.25, -0.2) is 0 Å². The maximum atomic E-state index is 13.2. The zero-order chi connectivity index (χ0) is 18.9. The first kappa shape index (κ1) is 19.5. The highest BCUT2D eigenvalue weighted by Crippen LogP contribution is 2.29. The molecule has 3 aliphatic rings. The standard InChI is InChI=1S/C18H30N4O3S/c1-18(2,3)17(25)22-12-26-11-14(22)16(24)20-7-4-5-13(10-20)21-8-6-19-9-15(21)23/h13-14,19H,4-12H2,1-3H3. The highest BCUT2D eigenvalue weighted by atomic mass is 32.2. The first-order chi connectivity index (χ1) is 12.3. The van der Waals surface area contributed by atoms with Gasteiger partial charge >= 0.3 is 0 Å². The average Bonchev–Trinajstić information content (AvgIpc) is 3.09. The van der Waals surface area contributed by atoms with Crippen LogP contribution in [-0.2, 0) is 14.4 Å². The zero-order valence-corrected chi connectivity index (χ0v) is 16.8. The molecule has 0 aromatic heterocycles. The second-order valence-electron chi connectivity index (χ2n) is 8.38. The van der Waals surface area contributed by atoms with Crippen molar-refractivity contribution in [2.24, 2.45) is 5.41 Å². The lowest BCUT2D eigenvalue weighted by Gasteiger charge is -2.42. The predicted octanol–water partition coefficient (Wildman–Crippen LogP) is 0.357. The lowest BCUT2D eigenvalue weighted by Crippen LogP contribution is -2.59. The number of nitrogens with one attached hydrogen (secondary N) is 1. The fourth-order valence-electron chi connectivity index (χ4n) is 3.91. The van der Waals surface area contributed by atoms with Gasteiger partial charge in [0.25, 0.3) is 0 Å². The van der Waals surface area contributed by atoms with Crippen LogP contribution in [0.3, 0.4) is 0 Å². The minimum atomic E-state index is -0.485. The summed E-state index contributed by atoms with van der Waals surface area (Å²) < 4.78 is 0. The van der Waals surface area contributed by atoms with Gasteiger partial charge in [0.1, 0.15) is 6.04 Å². The van der Waals surface area contributed by atoms with Crippen molar-refractivity contribution in [3.63, 3.8) is 0 Å². The molecule has 2 unspecified atom stereocenters. The van der Waals surface area contributed by atoms with Gasteiger partial charge in [-0.15, -0.1) is 11.8 Å². The molecular weight excluding hydrogens is 352 g/mol. The van der Waals surface area contributed by atoms with Crippen molar-refractivity contribution in [2.45, 2.75) is 45.7 Å². The Balaban J connectivity index is 1.67. The maximum Gasteiger partial charge on any atom is 0.246 e. The normalized spacial score (nSPS) is 27.8. The molecule has 7 nitrogen and oxygen atoms in total. The van der Waals surface area contributed by atoms with Crippen molar-refractivity contribution < 1.29 is 14.4 Å². The second-order valence-corrected chi connectivity index (χ2v) is 9.38. The lowest BCUT2D eigenvalue weighted by atomic mass is 9.94. The number of nitrogens with zero attached hydrogens (tertiary/aromatic N) is 3. The van der Waals surface area contributed by atoms with Gasteiger partial charge in [-0.3, -0.25) is 14.4 Å². The molecule has 146 valence electrons. The molecule has 0 saturated carbocycles. The first-order valence-electron chi connectivity index (χ1n) is 9.47. The molecule has 3 saturated heterocycles. The van der Waals surface area contributed by atoms with Crippen LogP contribution in [0.4, 0.5) is 0 Å². The van der Waals surface area contributed by atoms with E-state index in [4.69, 9.17) is 0 Å². The van der Waals surface area contributed by atoms with Crippen LogP contribution in [0.25, 0.3) is 0 Å². The molecule has 8 heteroatoms. The highest BCUT2D eigenvalue weighted by Gasteiger charge is 2.42. The number of hydrogen-bond acceptors (Lipinski definition) is 5. The van der Waals surface area contributed by atoms with Crippen LogP contribution in [0.1, 0.15) is 33.6 Å². The summed E-state index contributed by atoms with van der Waals surface area (Å²) in [4.78, 5) is 43.6. The van der Waals surface area contributed by atoms with Crippen LogP contribution in [0.5, 0.6) is 0 Å². The van der Waals surface area contributed by atoms with Gasteiger partial charge in [-0.1, -0.05) is 20.8 Å². The number of amides is 3. The fourth-order valence-corrected chi connectivity index (χ4v) is 5.05. The van der Waals surface area contributed by atoms with Crippen LogP contribution in [-0.4, -0.2) is 88.9 Å². The summed E-state index contributed by atoms with van der Waals surface area (Å²) in [5, 5.41) is 3.10. The number of hydrogen-bond donors (Lipinski definition) is 1. The fraction of sp³-hybridized carbons (Fsp3) is 0.833. The molecule has 0 aromatic rings. The molecule has 3 heterocycles. The van der Waals surface area contributed by atoms with Gasteiger partial charge in [-0.2, -0.15) is 0 Å². The Bertz CT molecular complexity index is 577. The summed E-state index contributed by atoms with van der Waals surface area (Å²) in [5.41, 5.74) is -0.485. The summed E-state index contributed by atoms with van der Waals surface area (Å²) in [6, 6.07) is -0.271. The summed E-state index contributed by atoms with van der Waals surface area (Å²) in [7, 11) is 0. The molecule has 26 heavy (non-hydrogen) atoms. The van der Waals surface area contributed by atoms with Crippen LogP contribution in [0.2, 0.25) is 0 Å². The summed E-state index contributed by atoms with van der Waals surface area (Å²) >= 11 is 1.64. The number of rotatable bonds is 2. The van der Waals surface area contributed by atoms with Crippen LogP contribution < -0.4 is 5.32 Å². The van der Waals surface area contributed by atoms with E-state index >= 15 is 0 Å². The maximum absolute atomic E-state index is 13.2. The summed E-state index contributed by atoms with van der Waals surface area (Å²) in [6.45, 7) is 8.89. The number of piperazine rings is 1. The van der Waals surface area contributed by atoms with Crippen LogP contribution >= 0.6 is 11.8 Å². The SMILES string of the molecule is CC(C)(C)C(=O)N1CSCC1C(=O)N1CCCC(N2CCNCC2=O)C1. The van der Waals surface area contributed by atoms with E-state index in [2.05, 4.69) is 5.32 Å². The largest absolute Gasteiger partial charge is 0.339 e. The number of likely N-dealkylation sites (tertiary alicyclic amines) is 1. The molecule has 3 amide bonds. The summed E-state index contributed by atoms with van der Waals surface area (Å²) in [6.07, 6.45) is 1.85. The molecule has 0 spiro atoms. The number of thioether (sulfide) groups is 1. The molecule has 3 aliphatic heterocycles. The van der Waals surface area contributed by atoms with Crippen LogP contribution in [0.15, 0.2) is 0 Å². The van der Waals surface area contributed by atoms with E-state index in [0.29, 0.717) is 37.8 Å². The molecular formula is C18H30N4O3S. The van der Waals surface area contributed by atoms with Gasteiger partial charge in [0.05, 0.1) is 12.4 Å². The van der Waals surface area contributed by atoms with Gasteiger partial charge in [0.2, 0.25) is 17.7 Å². The minimum Gasteiger partial charge on any atom is -0.339 e. The summed E-state index contributed by atoms with van der Waals surface area (Å²) in [5.74, 6) is 1.44. The van der Waals surface area contributed by atoms with Crippen molar-refractivity contribution in [2.75, 3.05) is 44.4 Å². The third-order valence-corrected chi connectivity index (χ3v) is 6.36. The Labute approximate surface area is 159 Å². The third kappa shape index (κ3) is 4.01. The molecule has 0 radical (unpaired) electrons. The molecule has 3 fully saturated rings. The Kier molecular flexibility index (Phi) is 5.81. The number of carbonyl (C=O) groups is 3. The Morgan fingerprint density at radius 2 is 2.00 bits per heavy atom. The van der Waals surface area contributed by atoms with Gasteiger partial charge in [0.15, 0.2) is 0 Å². The predicted molar refractivity (Wildman–Crippen MR) is 102 cm³/mol. The van der Waals surface area contributed by atoms with E-state index in [-0.39, 0.29) is 29.8 Å². The van der Waals surface area contributed by atoms with Crippen molar-refractivity contribution in [3.8, 4) is 0 Å².